The lowest BCUT2D eigenvalue weighted by Crippen LogP contribution is -3.12. The van der Waals surface area contributed by atoms with Crippen LogP contribution in [0, 0.1) is 0 Å². The Bertz CT molecular complexity index is 447. The van der Waals surface area contributed by atoms with Gasteiger partial charge in [0, 0.05) is 0 Å². The van der Waals surface area contributed by atoms with Crippen LogP contribution in [0.3, 0.4) is 0 Å². The summed E-state index contributed by atoms with van der Waals surface area (Å²) >= 11 is 0. The molecule has 0 saturated heterocycles. The minimum absolute atomic E-state index is 0.387. The predicted octanol–water partition coefficient (Wildman–Crippen LogP) is 1.11. The molecule has 4 heteroatoms. The van der Waals surface area contributed by atoms with Gasteiger partial charge in [0.15, 0.2) is 0 Å². The first-order valence-electron chi connectivity index (χ1n) is 6.58. The molecule has 0 radical (unpaired) electrons. The van der Waals surface area contributed by atoms with Crippen molar-refractivity contribution < 1.29 is 19.2 Å². The number of benzene rings is 1. The Morgan fingerprint density at radius 2 is 1.90 bits per heavy atom. The highest BCUT2D eigenvalue weighted by Gasteiger charge is 2.12. The summed E-state index contributed by atoms with van der Waals surface area (Å²) in [6, 6.07) is 7.08. The molecule has 0 aliphatic carbocycles. The molecule has 1 rings (SSSR count). The van der Waals surface area contributed by atoms with E-state index in [4.69, 9.17) is 9.47 Å². The molecule has 0 atom stereocenters. The Morgan fingerprint density at radius 3 is 2.50 bits per heavy atom. The second-order valence-corrected chi connectivity index (χ2v) is 4.32. The highest BCUT2D eigenvalue weighted by Crippen LogP contribution is 2.18. The Hall–Kier alpha value is -2.07. The first kappa shape index (κ1) is 16.0. The molecule has 0 heterocycles. The van der Waals surface area contributed by atoms with Gasteiger partial charge in [-0.05, 0) is 24.3 Å². The number of hydrogen-bond donors (Lipinski definition) is 1. The van der Waals surface area contributed by atoms with Crippen LogP contribution < -0.4 is 9.64 Å². The normalized spacial score (nSPS) is 10.1. The smallest absolute Gasteiger partial charge is 0.341 e. The van der Waals surface area contributed by atoms with Crippen LogP contribution >= 0.6 is 0 Å². The Morgan fingerprint density at radius 1 is 1.25 bits per heavy atom. The fourth-order valence-corrected chi connectivity index (χ4v) is 1.87. The number of ether oxygens (including phenoxy) is 2. The van der Waals surface area contributed by atoms with Crippen LogP contribution in [0.2, 0.25) is 0 Å². The summed E-state index contributed by atoms with van der Waals surface area (Å²) in [6.45, 7) is 10.5. The summed E-state index contributed by atoms with van der Waals surface area (Å²) in [5.41, 5.74) is 0.448. The van der Waals surface area contributed by atoms with Crippen molar-refractivity contribution in [3.63, 3.8) is 0 Å². The Labute approximate surface area is 120 Å². The van der Waals surface area contributed by atoms with Crippen LogP contribution in [0.25, 0.3) is 0 Å². The van der Waals surface area contributed by atoms with Crippen molar-refractivity contribution in [3.8, 4) is 5.75 Å². The Balaban J connectivity index is 2.58. The molecule has 0 aromatic heterocycles. The molecule has 0 bridgehead atoms. The van der Waals surface area contributed by atoms with Gasteiger partial charge in [0.25, 0.3) is 0 Å². The topological polar surface area (TPSA) is 40.0 Å². The molecule has 0 spiro atoms. The zero-order valence-electron chi connectivity index (χ0n) is 11.9. The van der Waals surface area contributed by atoms with Crippen molar-refractivity contribution in [2.75, 3.05) is 33.4 Å². The van der Waals surface area contributed by atoms with Gasteiger partial charge in [-0.3, -0.25) is 0 Å². The molecular formula is C16H22NO3+. The fourth-order valence-electron chi connectivity index (χ4n) is 1.87. The molecule has 0 aliphatic heterocycles. The Kier molecular flexibility index (Phi) is 7.14. The number of carbonyl (C=O) groups excluding carboxylic acids is 1. The average Bonchev–Trinajstić information content (AvgIpc) is 2.47. The summed E-state index contributed by atoms with van der Waals surface area (Å²) in [5, 5.41) is 0. The van der Waals surface area contributed by atoms with Crippen LogP contribution in [-0.4, -0.2) is 39.3 Å². The second kappa shape index (κ2) is 8.93. The minimum atomic E-state index is -0.387. The standard InChI is InChI=1S/C16H21NO3/c1-4-10-17(11-5-2)12-13-20-15-9-7-6-8-14(15)16(18)19-3/h4-9H,1-2,10-13H2,3H3/p+1. The molecule has 1 N–H and O–H groups in total. The van der Waals surface area contributed by atoms with E-state index < -0.39 is 0 Å². The first-order valence-corrected chi connectivity index (χ1v) is 6.58. The number of quaternary nitrogens is 1. The van der Waals surface area contributed by atoms with E-state index >= 15 is 0 Å². The first-order chi connectivity index (χ1) is 9.72. The molecule has 4 nitrogen and oxygen atoms in total. The van der Waals surface area contributed by atoms with Crippen LogP contribution in [0.4, 0.5) is 0 Å². The van der Waals surface area contributed by atoms with E-state index in [0.717, 1.165) is 19.6 Å². The van der Waals surface area contributed by atoms with Crippen LogP contribution in [0.15, 0.2) is 49.6 Å². The molecule has 0 unspecified atom stereocenters. The predicted molar refractivity (Wildman–Crippen MR) is 79.2 cm³/mol. The molecule has 0 amide bonds. The lowest BCUT2D eigenvalue weighted by molar-refractivity contribution is -0.888. The molecule has 108 valence electrons. The van der Waals surface area contributed by atoms with E-state index in [0.29, 0.717) is 17.9 Å². The van der Waals surface area contributed by atoms with Crippen molar-refractivity contribution in [2.24, 2.45) is 0 Å². The molecule has 0 fully saturated rings. The highest BCUT2D eigenvalue weighted by molar-refractivity contribution is 5.92. The summed E-state index contributed by atoms with van der Waals surface area (Å²) < 4.78 is 10.4. The quantitative estimate of drug-likeness (QED) is 0.542. The van der Waals surface area contributed by atoms with Gasteiger partial charge in [0.2, 0.25) is 0 Å². The van der Waals surface area contributed by atoms with Crippen molar-refractivity contribution in [3.05, 3.63) is 55.1 Å². The fraction of sp³-hybridized carbons (Fsp3) is 0.312. The van der Waals surface area contributed by atoms with Gasteiger partial charge in [0.05, 0.1) is 20.2 Å². The largest absolute Gasteiger partial charge is 0.487 e. The SMILES string of the molecule is C=CC[NH+](CC=C)CCOc1ccccc1C(=O)OC. The van der Waals surface area contributed by atoms with Crippen LogP contribution in [0.5, 0.6) is 5.75 Å². The number of hydrogen-bond acceptors (Lipinski definition) is 3. The van der Waals surface area contributed by atoms with Crippen LogP contribution in [-0.2, 0) is 4.74 Å². The number of methoxy groups -OCH3 is 1. The van der Waals surface area contributed by atoms with Crippen LogP contribution in [0.1, 0.15) is 10.4 Å². The van der Waals surface area contributed by atoms with Gasteiger partial charge in [-0.1, -0.05) is 25.3 Å². The van der Waals surface area contributed by atoms with Gasteiger partial charge in [0.1, 0.15) is 24.5 Å². The molecule has 20 heavy (non-hydrogen) atoms. The monoisotopic (exact) mass is 276 g/mol. The number of rotatable bonds is 9. The molecule has 0 aliphatic rings. The van der Waals surface area contributed by atoms with Gasteiger partial charge in [-0.2, -0.15) is 0 Å². The van der Waals surface area contributed by atoms with Gasteiger partial charge >= 0.3 is 5.97 Å². The lowest BCUT2D eigenvalue weighted by Gasteiger charge is -2.17. The van der Waals surface area contributed by atoms with E-state index in [1.165, 1.54) is 12.0 Å². The molecular weight excluding hydrogens is 254 g/mol. The zero-order chi connectivity index (χ0) is 14.8. The summed E-state index contributed by atoms with van der Waals surface area (Å²) in [4.78, 5) is 12.9. The van der Waals surface area contributed by atoms with E-state index in [9.17, 15) is 4.79 Å². The number of carbonyl (C=O) groups is 1. The number of para-hydroxylation sites is 1. The highest BCUT2D eigenvalue weighted by atomic mass is 16.5. The third kappa shape index (κ3) is 4.90. The summed E-state index contributed by atoms with van der Waals surface area (Å²) in [5.74, 6) is 0.165. The number of nitrogens with one attached hydrogen (secondary N) is 1. The zero-order valence-corrected chi connectivity index (χ0v) is 11.9. The molecule has 1 aromatic rings. The van der Waals surface area contributed by atoms with Gasteiger partial charge in [-0.15, -0.1) is 0 Å². The maximum atomic E-state index is 11.6. The third-order valence-corrected chi connectivity index (χ3v) is 2.87. The maximum Gasteiger partial charge on any atom is 0.341 e. The minimum Gasteiger partial charge on any atom is -0.487 e. The van der Waals surface area contributed by atoms with Crippen molar-refractivity contribution in [1.82, 2.24) is 0 Å². The van der Waals surface area contributed by atoms with Crippen molar-refractivity contribution in [1.29, 1.82) is 0 Å². The average molecular weight is 276 g/mol. The third-order valence-electron chi connectivity index (χ3n) is 2.87. The van der Waals surface area contributed by atoms with Crippen molar-refractivity contribution in [2.45, 2.75) is 0 Å². The maximum absolute atomic E-state index is 11.6. The molecule has 1 aromatic carbocycles. The van der Waals surface area contributed by atoms with E-state index in [1.807, 2.05) is 18.2 Å². The number of esters is 1. The second-order valence-electron chi connectivity index (χ2n) is 4.32. The van der Waals surface area contributed by atoms with Crippen molar-refractivity contribution >= 4 is 5.97 Å². The van der Waals surface area contributed by atoms with E-state index in [1.54, 1.807) is 18.2 Å². The van der Waals surface area contributed by atoms with Gasteiger partial charge < -0.3 is 14.4 Å². The summed E-state index contributed by atoms with van der Waals surface area (Å²) in [7, 11) is 1.36. The lowest BCUT2D eigenvalue weighted by atomic mass is 10.2. The van der Waals surface area contributed by atoms with E-state index in [2.05, 4.69) is 13.2 Å². The van der Waals surface area contributed by atoms with E-state index in [-0.39, 0.29) is 5.97 Å². The van der Waals surface area contributed by atoms with Gasteiger partial charge in [-0.25, -0.2) is 4.79 Å². The summed E-state index contributed by atoms with van der Waals surface area (Å²) in [6.07, 6.45) is 3.75. The molecule has 0 saturated carbocycles.